The van der Waals surface area contributed by atoms with Crippen LogP contribution in [0.5, 0.6) is 5.75 Å². The molecule has 150 valence electrons. The summed E-state index contributed by atoms with van der Waals surface area (Å²) in [7, 11) is -4.67. The average Bonchev–Trinajstić information content (AvgIpc) is 2.51. The highest BCUT2D eigenvalue weighted by Gasteiger charge is 1.93. The smallest absolute Gasteiger partial charge is 0.394 e. The average molecular weight is 381 g/mol. The summed E-state index contributed by atoms with van der Waals surface area (Å²) in [5, 5.41) is 0. The Bertz CT molecular complexity index is 447. The lowest BCUT2D eigenvalue weighted by molar-refractivity contribution is 0.304. The van der Waals surface area contributed by atoms with Crippen LogP contribution in [0.15, 0.2) is 43.5 Å². The molecule has 25 heavy (non-hydrogen) atoms. The lowest BCUT2D eigenvalue weighted by Crippen LogP contribution is -1.96. The summed E-state index contributed by atoms with van der Waals surface area (Å²) in [5.74, 6) is 0.994. The van der Waals surface area contributed by atoms with Gasteiger partial charge in [-0.15, -0.1) is 13.2 Å². The molecule has 1 rings (SSSR count). The Morgan fingerprint density at radius 1 is 0.880 bits per heavy atom. The molecule has 0 aliphatic heterocycles. The normalized spacial score (nSPS) is 9.08. The minimum Gasteiger partial charge on any atom is -0.494 e. The van der Waals surface area contributed by atoms with Gasteiger partial charge in [0.15, 0.2) is 0 Å². The molecule has 8 N–H and O–H groups in total. The summed E-state index contributed by atoms with van der Waals surface area (Å²) in [6.45, 7) is 9.12. The minimum atomic E-state index is -4.67. The van der Waals surface area contributed by atoms with Gasteiger partial charge in [0.1, 0.15) is 5.75 Å². The Morgan fingerprint density at radius 2 is 1.28 bits per heavy atom. The zero-order valence-electron chi connectivity index (χ0n) is 15.4. The molecule has 0 aromatic heterocycles. The van der Waals surface area contributed by atoms with E-state index in [1.165, 1.54) is 44.9 Å². The molecule has 0 amide bonds. The van der Waals surface area contributed by atoms with Crippen LogP contribution in [0.1, 0.15) is 51.9 Å². The van der Waals surface area contributed by atoms with Gasteiger partial charge in [-0.2, -0.15) is 8.42 Å². The maximum absolute atomic E-state index is 8.74. The number of unbranched alkanes of at least 4 members (excludes halogenated alkanes) is 6. The molecular weight excluding hydrogens is 344 g/mol. The van der Waals surface area contributed by atoms with E-state index in [-0.39, 0.29) is 12.3 Å². The maximum atomic E-state index is 8.74. The molecular formula is C17H36N2O5S. The van der Waals surface area contributed by atoms with E-state index in [1.807, 2.05) is 30.3 Å². The molecule has 0 unspecified atom stereocenters. The van der Waals surface area contributed by atoms with Crippen molar-refractivity contribution in [1.82, 2.24) is 12.3 Å². The third-order valence-corrected chi connectivity index (χ3v) is 2.76. The van der Waals surface area contributed by atoms with Crippen molar-refractivity contribution >= 4 is 10.4 Å². The summed E-state index contributed by atoms with van der Waals surface area (Å²) in [5.41, 5.74) is 0. The standard InChI is InChI=1S/C15H24O.C2H4.2H3N.H2O4S/c1-2-3-4-5-6-7-11-14-16-15-12-9-8-10-13-15;1-2;;;1-5(2,3)4/h8-10,12-13H,2-7,11,14H2,1H3;1-2H2;2*1H3;(H2,1,2,3,4). The molecule has 0 bridgehead atoms. The van der Waals surface area contributed by atoms with Gasteiger partial charge in [-0.1, -0.05) is 63.6 Å². The Hall–Kier alpha value is -1.45. The van der Waals surface area contributed by atoms with Gasteiger partial charge in [0, 0.05) is 0 Å². The zero-order chi connectivity index (χ0) is 18.0. The van der Waals surface area contributed by atoms with Gasteiger partial charge in [0.2, 0.25) is 0 Å². The monoisotopic (exact) mass is 380 g/mol. The molecule has 8 heteroatoms. The fraction of sp³-hybridized carbons (Fsp3) is 0.529. The van der Waals surface area contributed by atoms with Gasteiger partial charge in [0.25, 0.3) is 0 Å². The summed E-state index contributed by atoms with van der Waals surface area (Å²) >= 11 is 0. The van der Waals surface area contributed by atoms with Crippen molar-refractivity contribution in [3.8, 4) is 5.75 Å². The van der Waals surface area contributed by atoms with Gasteiger partial charge in [-0.25, -0.2) is 0 Å². The molecule has 1 aromatic carbocycles. The van der Waals surface area contributed by atoms with Crippen molar-refractivity contribution in [2.75, 3.05) is 6.61 Å². The summed E-state index contributed by atoms with van der Waals surface area (Å²) in [6.07, 6.45) is 9.35. The molecule has 0 aliphatic rings. The predicted octanol–water partition coefficient (Wildman–Crippen LogP) is 5.29. The number of rotatable bonds is 9. The van der Waals surface area contributed by atoms with Crippen LogP contribution in [-0.2, 0) is 10.4 Å². The Balaban J connectivity index is -0.000000212. The number of benzene rings is 1. The second kappa shape index (κ2) is 22.6. The fourth-order valence-electron chi connectivity index (χ4n) is 1.77. The maximum Gasteiger partial charge on any atom is 0.394 e. The van der Waals surface area contributed by atoms with Gasteiger partial charge >= 0.3 is 10.4 Å². The Morgan fingerprint density at radius 3 is 1.72 bits per heavy atom. The highest BCUT2D eigenvalue weighted by molar-refractivity contribution is 7.79. The number of para-hydroxylation sites is 1. The third-order valence-electron chi connectivity index (χ3n) is 2.76. The first-order valence-electron chi connectivity index (χ1n) is 7.81. The molecule has 0 radical (unpaired) electrons. The molecule has 0 heterocycles. The molecule has 0 saturated carbocycles. The summed E-state index contributed by atoms with van der Waals surface area (Å²) in [6, 6.07) is 10.1. The van der Waals surface area contributed by atoms with Crippen molar-refractivity contribution in [3.05, 3.63) is 43.5 Å². The van der Waals surface area contributed by atoms with Crippen LogP contribution in [0.2, 0.25) is 0 Å². The Kier molecular flexibility index (Phi) is 28.3. The molecule has 0 aliphatic carbocycles. The fourth-order valence-corrected chi connectivity index (χ4v) is 1.77. The van der Waals surface area contributed by atoms with Crippen molar-refractivity contribution in [2.24, 2.45) is 0 Å². The van der Waals surface area contributed by atoms with E-state index in [2.05, 4.69) is 20.1 Å². The SMILES string of the molecule is C=C.CCCCCCCCCOc1ccccc1.N.N.O=S(=O)(O)O. The van der Waals surface area contributed by atoms with Crippen LogP contribution in [-0.4, -0.2) is 24.1 Å². The van der Waals surface area contributed by atoms with Crippen LogP contribution >= 0.6 is 0 Å². The van der Waals surface area contributed by atoms with E-state index >= 15 is 0 Å². The molecule has 1 aromatic rings. The number of hydrogen-bond acceptors (Lipinski definition) is 5. The van der Waals surface area contributed by atoms with Crippen LogP contribution in [0.25, 0.3) is 0 Å². The van der Waals surface area contributed by atoms with E-state index in [4.69, 9.17) is 22.3 Å². The third kappa shape index (κ3) is 34.8. The lowest BCUT2D eigenvalue weighted by Gasteiger charge is -2.05. The Labute approximate surface area is 153 Å². The van der Waals surface area contributed by atoms with E-state index in [9.17, 15) is 0 Å². The first kappa shape index (κ1) is 31.3. The van der Waals surface area contributed by atoms with Gasteiger partial charge < -0.3 is 17.0 Å². The topological polar surface area (TPSA) is 154 Å². The van der Waals surface area contributed by atoms with Gasteiger partial charge in [-0.3, -0.25) is 9.11 Å². The molecule has 0 spiro atoms. The van der Waals surface area contributed by atoms with Crippen molar-refractivity contribution in [2.45, 2.75) is 51.9 Å². The summed E-state index contributed by atoms with van der Waals surface area (Å²) < 4.78 is 37.2. The van der Waals surface area contributed by atoms with Crippen LogP contribution in [0.4, 0.5) is 0 Å². The zero-order valence-corrected chi connectivity index (χ0v) is 16.2. The second-order valence-electron chi connectivity index (χ2n) is 4.73. The van der Waals surface area contributed by atoms with Gasteiger partial charge in [0.05, 0.1) is 6.61 Å². The van der Waals surface area contributed by atoms with Gasteiger partial charge in [-0.05, 0) is 18.6 Å². The van der Waals surface area contributed by atoms with E-state index in [1.54, 1.807) is 0 Å². The van der Waals surface area contributed by atoms with Crippen molar-refractivity contribution in [3.63, 3.8) is 0 Å². The molecule has 7 nitrogen and oxygen atoms in total. The highest BCUT2D eigenvalue weighted by Crippen LogP contribution is 2.10. The first-order valence-corrected chi connectivity index (χ1v) is 9.21. The molecule has 0 atom stereocenters. The van der Waals surface area contributed by atoms with E-state index in [0.717, 1.165) is 12.4 Å². The highest BCUT2D eigenvalue weighted by atomic mass is 32.3. The molecule has 0 saturated heterocycles. The number of ether oxygens (including phenoxy) is 1. The van der Waals surface area contributed by atoms with Crippen LogP contribution in [0.3, 0.4) is 0 Å². The molecule has 0 fully saturated rings. The lowest BCUT2D eigenvalue weighted by atomic mass is 10.1. The second-order valence-corrected chi connectivity index (χ2v) is 5.63. The predicted molar refractivity (Wildman–Crippen MR) is 105 cm³/mol. The summed E-state index contributed by atoms with van der Waals surface area (Å²) in [4.78, 5) is 0. The quantitative estimate of drug-likeness (QED) is 0.258. The number of hydrogen-bond donors (Lipinski definition) is 4. The first-order chi connectivity index (χ1) is 10.9. The van der Waals surface area contributed by atoms with Crippen LogP contribution in [0, 0.1) is 0 Å². The van der Waals surface area contributed by atoms with E-state index < -0.39 is 10.4 Å². The van der Waals surface area contributed by atoms with Crippen molar-refractivity contribution < 1.29 is 22.3 Å². The largest absolute Gasteiger partial charge is 0.494 e. The van der Waals surface area contributed by atoms with Crippen LogP contribution < -0.4 is 17.0 Å². The van der Waals surface area contributed by atoms with E-state index in [0.29, 0.717) is 0 Å². The van der Waals surface area contributed by atoms with Crippen molar-refractivity contribution in [1.29, 1.82) is 0 Å². The minimum absolute atomic E-state index is 0.